The van der Waals surface area contributed by atoms with Crippen molar-refractivity contribution in [2.75, 3.05) is 7.05 Å². The summed E-state index contributed by atoms with van der Waals surface area (Å²) < 4.78 is 32.7. The lowest BCUT2D eigenvalue weighted by Crippen LogP contribution is -2.58. The first-order chi connectivity index (χ1) is 8.77. The normalized spacial score (nSPS) is 11.7. The maximum atomic E-state index is 8.60. The van der Waals surface area contributed by atoms with Gasteiger partial charge in [-0.25, -0.2) is 0 Å². The van der Waals surface area contributed by atoms with E-state index in [1.807, 2.05) is 6.07 Å². The van der Waals surface area contributed by atoms with Crippen LogP contribution in [0.25, 0.3) is 5.03 Å². The third-order valence-corrected chi connectivity index (χ3v) is 2.00. The van der Waals surface area contributed by atoms with Crippen molar-refractivity contribution in [1.29, 1.82) is 5.26 Å². The maximum Gasteiger partial charge on any atom is 0.0991 e. The monoisotopic (exact) mass is 304 g/mol. The van der Waals surface area contributed by atoms with E-state index in [0.29, 0.717) is 10.6 Å². The summed E-state index contributed by atoms with van der Waals surface area (Å²) in [6, 6.07) is 9.12. The number of hydrogen-bond acceptors (Lipinski definition) is 6. The maximum absolute atomic E-state index is 8.60. The fraction of sp³-hybridized carbons (Fsp3) is 0.0909. The van der Waals surface area contributed by atoms with E-state index in [1.165, 1.54) is 0 Å². The summed E-state index contributed by atoms with van der Waals surface area (Å²) in [4.78, 5) is 3.80. The number of halogens is 2. The third-order valence-electron chi connectivity index (χ3n) is 1.66. The predicted octanol–water partition coefficient (Wildman–Crippen LogP) is -1.29. The van der Waals surface area contributed by atoms with Gasteiger partial charge in [0.05, 0.1) is 26.5 Å². The summed E-state index contributed by atoms with van der Waals surface area (Å²) >= 11 is 5.97. The second-order valence-electron chi connectivity index (χ2n) is 3.01. The van der Waals surface area contributed by atoms with E-state index in [1.54, 1.807) is 43.6 Å². The number of benzene rings is 1. The fourth-order valence-electron chi connectivity index (χ4n) is 0.940. The summed E-state index contributed by atoms with van der Waals surface area (Å²) in [5, 5.41) is 9.20. The van der Waals surface area contributed by atoms with Crippen LogP contribution in [0.15, 0.2) is 35.3 Å². The lowest BCUT2D eigenvalue weighted by Gasteiger charge is -2.03. The van der Waals surface area contributed by atoms with Crippen LogP contribution < -0.4 is 14.0 Å². The molecule has 0 aliphatic heterocycles. The van der Waals surface area contributed by atoms with Crippen LogP contribution in [0.1, 0.15) is 11.1 Å². The predicted molar refractivity (Wildman–Crippen MR) is 61.6 cm³/mol. The number of hydrogen-bond donors (Lipinski definition) is 1. The Labute approximate surface area is 117 Å². The first kappa shape index (κ1) is 17.5. The van der Waals surface area contributed by atoms with Gasteiger partial charge in [0.15, 0.2) is 0 Å². The fourth-order valence-corrected chi connectivity index (χ4v) is 1.12. The van der Waals surface area contributed by atoms with Gasteiger partial charge in [-0.1, -0.05) is 23.7 Å². The summed E-state index contributed by atoms with van der Waals surface area (Å²) in [7, 11) is -3.01. The highest BCUT2D eigenvalue weighted by atomic mass is 35.7. The molecule has 0 aliphatic carbocycles. The summed E-state index contributed by atoms with van der Waals surface area (Å²) in [6.07, 6.45) is 3.34. The Balaban J connectivity index is 0.000000555. The topological polar surface area (TPSA) is 126 Å². The lowest BCUT2D eigenvalue weighted by molar-refractivity contribution is -1.92. The molecule has 0 spiro atoms. The van der Waals surface area contributed by atoms with Crippen LogP contribution in [0.4, 0.5) is 0 Å². The van der Waals surface area contributed by atoms with Gasteiger partial charge in [0.25, 0.3) is 0 Å². The molecular weight excluding hydrogens is 295 g/mol. The molecular formula is C11H10Cl2N2O4. The number of nitrogens with zero attached hydrogens (tertiary/aromatic N) is 2. The molecule has 0 amide bonds. The van der Waals surface area contributed by atoms with Crippen LogP contribution in [0.5, 0.6) is 0 Å². The van der Waals surface area contributed by atoms with Crippen molar-refractivity contribution < 1.29 is 28.9 Å². The smallest absolute Gasteiger partial charge is 0.0991 e. The minimum atomic E-state index is -4.69. The van der Waals surface area contributed by atoms with Crippen molar-refractivity contribution in [1.82, 2.24) is 0 Å². The van der Waals surface area contributed by atoms with E-state index in [2.05, 4.69) is 4.99 Å². The van der Waals surface area contributed by atoms with Crippen molar-refractivity contribution in [2.45, 2.75) is 0 Å². The minimum absolute atomic E-state index is 0.611. The summed E-state index contributed by atoms with van der Waals surface area (Å²) in [5.74, 6) is 0. The van der Waals surface area contributed by atoms with Crippen molar-refractivity contribution >= 4 is 22.8 Å². The Morgan fingerprint density at radius 1 is 1.37 bits per heavy atom. The molecule has 0 bridgehead atoms. The molecule has 0 saturated carbocycles. The van der Waals surface area contributed by atoms with Crippen molar-refractivity contribution in [3.8, 4) is 6.07 Å². The Morgan fingerprint density at radius 3 is 2.21 bits per heavy atom. The molecule has 0 saturated heterocycles. The van der Waals surface area contributed by atoms with Gasteiger partial charge in [-0.05, 0) is 23.8 Å². The Bertz CT molecular complexity index is 481. The quantitative estimate of drug-likeness (QED) is 0.681. The number of aliphatic imine (C=N–C) groups is 1. The van der Waals surface area contributed by atoms with E-state index in [-0.39, 0.29) is 0 Å². The van der Waals surface area contributed by atoms with Gasteiger partial charge in [-0.2, -0.15) is 19.2 Å². The number of nitriles is 1. The van der Waals surface area contributed by atoms with Crippen LogP contribution in [0, 0.1) is 21.6 Å². The molecule has 0 aliphatic rings. The van der Waals surface area contributed by atoms with Gasteiger partial charge in [-0.15, -0.1) is 0 Å². The number of allylic oxidation sites excluding steroid dienone is 1. The zero-order valence-electron chi connectivity index (χ0n) is 9.79. The zero-order valence-corrected chi connectivity index (χ0v) is 11.3. The molecule has 1 rings (SSSR count). The van der Waals surface area contributed by atoms with Crippen LogP contribution in [-0.4, -0.2) is 17.9 Å². The van der Waals surface area contributed by atoms with Crippen LogP contribution in [0.2, 0.25) is 0 Å². The molecule has 0 aromatic heterocycles. The first-order valence-corrected chi connectivity index (χ1v) is 6.34. The van der Waals surface area contributed by atoms with Gasteiger partial charge < -0.3 is 0 Å². The van der Waals surface area contributed by atoms with Crippen LogP contribution >= 0.6 is 11.6 Å². The molecule has 6 nitrogen and oxygen atoms in total. The van der Waals surface area contributed by atoms with E-state index >= 15 is 0 Å². The molecule has 0 unspecified atom stereocenters. The molecule has 8 heteroatoms. The van der Waals surface area contributed by atoms with E-state index < -0.39 is 10.2 Å². The average Bonchev–Trinajstić information content (AvgIpc) is 2.34. The highest BCUT2D eigenvalue weighted by Gasteiger charge is 1.99. The molecule has 0 radical (unpaired) electrons. The van der Waals surface area contributed by atoms with Crippen molar-refractivity contribution in [3.63, 3.8) is 0 Å². The molecule has 0 heterocycles. The summed E-state index contributed by atoms with van der Waals surface area (Å²) in [5.41, 5.74) is 1.51. The second kappa shape index (κ2) is 8.61. The molecule has 1 N–H and O–H groups in total. The third kappa shape index (κ3) is 10.2. The van der Waals surface area contributed by atoms with Gasteiger partial charge in [0, 0.05) is 18.3 Å². The molecule has 0 atom stereocenters. The zero-order chi connectivity index (χ0) is 14.9. The Kier molecular flexibility index (Phi) is 7.95. The SMILES string of the molecule is CN=C/C=C(\Cl)c1ccc(C#N)cc1.[O-][Cl+3]([O-])([O-])O. The summed E-state index contributed by atoms with van der Waals surface area (Å²) in [6.45, 7) is 0. The van der Waals surface area contributed by atoms with Crippen LogP contribution in [-0.2, 0) is 0 Å². The average molecular weight is 305 g/mol. The molecule has 1 aromatic rings. The van der Waals surface area contributed by atoms with Crippen LogP contribution in [0.3, 0.4) is 0 Å². The number of rotatable bonds is 2. The second-order valence-corrected chi connectivity index (χ2v) is 4.21. The molecule has 19 heavy (non-hydrogen) atoms. The van der Waals surface area contributed by atoms with E-state index in [0.717, 1.165) is 5.56 Å². The Morgan fingerprint density at radius 2 is 1.84 bits per heavy atom. The van der Waals surface area contributed by atoms with Gasteiger partial charge in [0.1, 0.15) is 0 Å². The largest absolute Gasteiger partial charge is 0.296 e. The molecule has 1 aromatic carbocycles. The standard InChI is InChI=1S/C11H9ClN2.ClHO4/c1-14-7-6-11(12)10-4-2-9(8-13)3-5-10;2-1(3,4)5/h2-7H,1H3;(H,2,3,4,5)/b11-6-,14-7?;. The Hall–Kier alpha value is -1.46. The van der Waals surface area contributed by atoms with Gasteiger partial charge in [-0.3, -0.25) is 4.99 Å². The highest BCUT2D eigenvalue weighted by Crippen LogP contribution is 2.18. The highest BCUT2D eigenvalue weighted by molar-refractivity contribution is 6.49. The van der Waals surface area contributed by atoms with Gasteiger partial charge in [0.2, 0.25) is 0 Å². The first-order valence-electron chi connectivity index (χ1n) is 4.69. The van der Waals surface area contributed by atoms with Crippen molar-refractivity contribution in [3.05, 3.63) is 41.5 Å². The van der Waals surface area contributed by atoms with E-state index in [9.17, 15) is 0 Å². The van der Waals surface area contributed by atoms with Gasteiger partial charge >= 0.3 is 0 Å². The van der Waals surface area contributed by atoms with E-state index in [4.69, 9.17) is 35.5 Å². The van der Waals surface area contributed by atoms with Crippen molar-refractivity contribution in [2.24, 2.45) is 4.99 Å². The minimum Gasteiger partial charge on any atom is -0.296 e. The lowest BCUT2D eigenvalue weighted by atomic mass is 10.1. The molecule has 0 fully saturated rings. The molecule has 102 valence electrons.